The van der Waals surface area contributed by atoms with E-state index in [0.29, 0.717) is 17.9 Å². The third kappa shape index (κ3) is 4.95. The van der Waals surface area contributed by atoms with Crippen LogP contribution in [0.4, 0.5) is 19.0 Å². The molecule has 3 N–H and O–H groups in total. The molecule has 0 spiro atoms. The van der Waals surface area contributed by atoms with Gasteiger partial charge in [0, 0.05) is 11.1 Å². The molecule has 0 saturated carbocycles. The number of hydrogen-bond donors (Lipinski definition) is 2. The highest BCUT2D eigenvalue weighted by molar-refractivity contribution is 5.99. The van der Waals surface area contributed by atoms with E-state index in [1.807, 2.05) is 6.92 Å². The van der Waals surface area contributed by atoms with Gasteiger partial charge in [0.15, 0.2) is 5.69 Å². The maximum Gasteiger partial charge on any atom is 0.417 e. The van der Waals surface area contributed by atoms with E-state index in [-0.39, 0.29) is 28.6 Å². The first-order valence-corrected chi connectivity index (χ1v) is 10.1. The van der Waals surface area contributed by atoms with Crippen molar-refractivity contribution in [2.24, 2.45) is 5.10 Å². The lowest BCUT2D eigenvalue weighted by Gasteiger charge is -2.09. The summed E-state index contributed by atoms with van der Waals surface area (Å²) >= 11 is 0. The predicted molar refractivity (Wildman–Crippen MR) is 117 cm³/mol. The topological polar surface area (TPSA) is 146 Å². The van der Waals surface area contributed by atoms with E-state index < -0.39 is 17.6 Å². The zero-order chi connectivity index (χ0) is 25.0. The average Bonchev–Trinajstić information content (AvgIpc) is 3.45. The van der Waals surface area contributed by atoms with Crippen LogP contribution >= 0.6 is 0 Å². The number of nitrogen functional groups attached to an aromatic ring is 1. The molecule has 0 radical (unpaired) electrons. The fraction of sp³-hybridized carbons (Fsp3) is 0.143. The van der Waals surface area contributed by atoms with Crippen LogP contribution in [-0.2, 0) is 6.18 Å². The van der Waals surface area contributed by atoms with E-state index in [0.717, 1.165) is 17.0 Å². The van der Waals surface area contributed by atoms with Gasteiger partial charge < -0.3 is 10.5 Å². The van der Waals surface area contributed by atoms with Gasteiger partial charge >= 0.3 is 6.18 Å². The van der Waals surface area contributed by atoms with Gasteiger partial charge in [0.1, 0.15) is 11.4 Å². The van der Waals surface area contributed by atoms with Crippen molar-refractivity contribution >= 4 is 17.9 Å². The quantitative estimate of drug-likeness (QED) is 0.299. The number of benzene rings is 2. The van der Waals surface area contributed by atoms with E-state index in [2.05, 4.69) is 35.8 Å². The maximum absolute atomic E-state index is 13.2. The molecule has 0 aliphatic carbocycles. The molecule has 0 unspecified atom stereocenters. The van der Waals surface area contributed by atoms with Crippen LogP contribution in [0.1, 0.15) is 28.5 Å². The molecule has 2 aromatic carbocycles. The van der Waals surface area contributed by atoms with E-state index >= 15 is 0 Å². The molecule has 4 aromatic rings. The molecule has 0 saturated heterocycles. The van der Waals surface area contributed by atoms with Crippen molar-refractivity contribution in [3.05, 3.63) is 65.4 Å². The van der Waals surface area contributed by atoms with Crippen LogP contribution in [0, 0.1) is 0 Å². The lowest BCUT2D eigenvalue weighted by atomic mass is 10.1. The number of nitrogens with one attached hydrogen (secondary N) is 1. The number of alkyl halides is 3. The number of ether oxygens (including phenoxy) is 1. The fourth-order valence-corrected chi connectivity index (χ4v) is 3.14. The molecule has 14 heteroatoms. The Hall–Kier alpha value is -4.75. The van der Waals surface area contributed by atoms with Gasteiger partial charge in [0.25, 0.3) is 5.91 Å². The second-order valence-electron chi connectivity index (χ2n) is 6.91. The number of carbonyl (C=O) groups is 1. The summed E-state index contributed by atoms with van der Waals surface area (Å²) in [6.07, 6.45) is -3.69. The monoisotopic (exact) mass is 486 g/mol. The second-order valence-corrected chi connectivity index (χ2v) is 6.91. The molecule has 1 amide bonds. The molecule has 35 heavy (non-hydrogen) atoms. The van der Waals surface area contributed by atoms with E-state index in [9.17, 15) is 18.0 Å². The number of nitrogens with zero attached hydrogens (tertiary/aromatic N) is 6. The van der Waals surface area contributed by atoms with Gasteiger partial charge in [-0.3, -0.25) is 4.79 Å². The largest absolute Gasteiger partial charge is 0.494 e. The summed E-state index contributed by atoms with van der Waals surface area (Å²) < 4.78 is 50.7. The molecule has 4 rings (SSSR count). The number of anilines is 1. The summed E-state index contributed by atoms with van der Waals surface area (Å²) in [6.45, 7) is 2.30. The van der Waals surface area contributed by atoms with E-state index in [1.54, 1.807) is 24.3 Å². The van der Waals surface area contributed by atoms with Gasteiger partial charge in [0.05, 0.1) is 18.4 Å². The number of hydrazone groups is 1. The Kier molecular flexibility index (Phi) is 6.44. The van der Waals surface area contributed by atoms with Crippen molar-refractivity contribution in [2.45, 2.75) is 13.1 Å². The first-order valence-electron chi connectivity index (χ1n) is 10.1. The second kappa shape index (κ2) is 9.62. The Morgan fingerprint density at radius 2 is 1.94 bits per heavy atom. The Bertz CT molecular complexity index is 1360. The van der Waals surface area contributed by atoms with Crippen molar-refractivity contribution in [1.82, 2.24) is 30.7 Å². The van der Waals surface area contributed by atoms with Crippen LogP contribution in [0.25, 0.3) is 17.1 Å². The van der Waals surface area contributed by atoms with Crippen LogP contribution in [0.3, 0.4) is 0 Å². The molecule has 0 atom stereocenters. The summed E-state index contributed by atoms with van der Waals surface area (Å²) in [5.41, 5.74) is 7.28. The molecular weight excluding hydrogens is 469 g/mol. The number of nitrogens with two attached hydrogens (primary N) is 1. The minimum absolute atomic E-state index is 0.0111. The molecule has 0 aliphatic heterocycles. The molecule has 0 bridgehead atoms. The van der Waals surface area contributed by atoms with Crippen LogP contribution in [0.15, 0.2) is 58.3 Å². The van der Waals surface area contributed by atoms with Crippen molar-refractivity contribution in [3.8, 4) is 22.8 Å². The average molecular weight is 486 g/mol. The Balaban J connectivity index is 1.67. The standard InChI is InChI=1S/C21H17F3N8O3/c1-2-34-14-9-7-12(8-10-14)17-16(27-31-32(17)19-18(25)29-35-30-19)20(33)28-26-11-13-5-3-4-6-15(13)21(22,23)24/h3-11H,2H2,1H3,(H2,25,29)(H,28,33)/b26-11-. The number of halogens is 3. The summed E-state index contributed by atoms with van der Waals surface area (Å²) in [6, 6.07) is 11.5. The van der Waals surface area contributed by atoms with Gasteiger partial charge in [-0.15, -0.1) is 5.10 Å². The van der Waals surface area contributed by atoms with Crippen LogP contribution in [0.5, 0.6) is 5.75 Å². The van der Waals surface area contributed by atoms with Crippen molar-refractivity contribution in [1.29, 1.82) is 0 Å². The molecule has 180 valence electrons. The van der Waals surface area contributed by atoms with Gasteiger partial charge in [-0.2, -0.15) is 23.0 Å². The van der Waals surface area contributed by atoms with Gasteiger partial charge in [0.2, 0.25) is 11.6 Å². The van der Waals surface area contributed by atoms with E-state index in [1.165, 1.54) is 18.2 Å². The number of amides is 1. The maximum atomic E-state index is 13.2. The molecule has 0 aliphatic rings. The van der Waals surface area contributed by atoms with Crippen LogP contribution in [0.2, 0.25) is 0 Å². The lowest BCUT2D eigenvalue weighted by molar-refractivity contribution is -0.137. The summed E-state index contributed by atoms with van der Waals surface area (Å²) in [5.74, 6) is -0.355. The van der Waals surface area contributed by atoms with Crippen molar-refractivity contribution in [3.63, 3.8) is 0 Å². The summed E-state index contributed by atoms with van der Waals surface area (Å²) in [5, 5.41) is 18.6. The smallest absolute Gasteiger partial charge is 0.417 e. The third-order valence-corrected chi connectivity index (χ3v) is 4.66. The number of hydrogen-bond acceptors (Lipinski definition) is 9. The third-order valence-electron chi connectivity index (χ3n) is 4.66. The Morgan fingerprint density at radius 1 is 1.20 bits per heavy atom. The zero-order valence-corrected chi connectivity index (χ0v) is 18.0. The minimum atomic E-state index is -4.58. The van der Waals surface area contributed by atoms with Gasteiger partial charge in [-0.05, 0) is 47.6 Å². The molecule has 2 heterocycles. The Labute approximate surface area is 195 Å². The van der Waals surface area contributed by atoms with Crippen LogP contribution < -0.4 is 15.9 Å². The first-order chi connectivity index (χ1) is 16.8. The number of carbonyl (C=O) groups excluding carboxylic acids is 1. The minimum Gasteiger partial charge on any atom is -0.494 e. The number of rotatable bonds is 7. The summed E-state index contributed by atoms with van der Waals surface area (Å²) in [7, 11) is 0. The molecule has 2 aromatic heterocycles. The molecule has 11 nitrogen and oxygen atoms in total. The van der Waals surface area contributed by atoms with Crippen molar-refractivity contribution < 1.29 is 27.3 Å². The molecule has 0 fully saturated rings. The highest BCUT2D eigenvalue weighted by Crippen LogP contribution is 2.31. The fourth-order valence-electron chi connectivity index (χ4n) is 3.14. The normalized spacial score (nSPS) is 11.7. The Morgan fingerprint density at radius 3 is 2.60 bits per heavy atom. The number of aromatic nitrogens is 5. The zero-order valence-electron chi connectivity index (χ0n) is 18.0. The van der Waals surface area contributed by atoms with E-state index in [4.69, 9.17) is 10.5 Å². The summed E-state index contributed by atoms with van der Waals surface area (Å²) in [4.78, 5) is 12.9. The SMILES string of the molecule is CCOc1ccc(-c2c(C(=O)N/N=C\c3ccccc3C(F)(F)F)nnn2-c2nonc2N)cc1. The first kappa shape index (κ1) is 23.4. The lowest BCUT2D eigenvalue weighted by Crippen LogP contribution is -2.20. The van der Waals surface area contributed by atoms with Gasteiger partial charge in [-0.1, -0.05) is 23.4 Å². The van der Waals surface area contributed by atoms with Gasteiger partial charge in [-0.25, -0.2) is 10.1 Å². The van der Waals surface area contributed by atoms with Crippen LogP contribution in [-0.4, -0.2) is 44.0 Å². The molecular formula is C21H17F3N8O3. The highest BCUT2D eigenvalue weighted by Gasteiger charge is 2.32. The van der Waals surface area contributed by atoms with Crippen molar-refractivity contribution in [2.75, 3.05) is 12.3 Å². The highest BCUT2D eigenvalue weighted by atomic mass is 19.4. The predicted octanol–water partition coefficient (Wildman–Crippen LogP) is 3.08.